The zero-order chi connectivity index (χ0) is 11.7. The summed E-state index contributed by atoms with van der Waals surface area (Å²) in [7, 11) is 0. The highest BCUT2D eigenvalue weighted by Crippen LogP contribution is 2.13. The molecular formula is C12H18O3. The van der Waals surface area contributed by atoms with Gasteiger partial charge in [0.2, 0.25) is 0 Å². The lowest BCUT2D eigenvalue weighted by Gasteiger charge is -2.08. The summed E-state index contributed by atoms with van der Waals surface area (Å²) in [6, 6.07) is 8.71. The van der Waals surface area contributed by atoms with Gasteiger partial charge in [0.05, 0.1) is 6.61 Å². The molecule has 0 saturated heterocycles. The van der Waals surface area contributed by atoms with Gasteiger partial charge in [-0.1, -0.05) is 44.2 Å². The molecule has 0 radical (unpaired) electrons. The van der Waals surface area contributed by atoms with Crippen LogP contribution in [0.15, 0.2) is 30.3 Å². The van der Waals surface area contributed by atoms with Crippen LogP contribution in [-0.2, 0) is 9.53 Å². The number of rotatable bonds is 3. The number of ether oxygens (including phenoxy) is 1. The Balaban J connectivity index is 0.000000921. The molecule has 0 amide bonds. The summed E-state index contributed by atoms with van der Waals surface area (Å²) >= 11 is 0. The highest BCUT2D eigenvalue weighted by atomic mass is 16.5. The van der Waals surface area contributed by atoms with E-state index in [4.69, 9.17) is 0 Å². The van der Waals surface area contributed by atoms with Crippen LogP contribution in [0.1, 0.15) is 32.4 Å². The molecule has 84 valence electrons. The predicted molar refractivity (Wildman–Crippen MR) is 59.4 cm³/mol. The van der Waals surface area contributed by atoms with Crippen LogP contribution < -0.4 is 0 Å². The van der Waals surface area contributed by atoms with Crippen LogP contribution in [0.4, 0.5) is 0 Å². The van der Waals surface area contributed by atoms with Crippen molar-refractivity contribution in [3.8, 4) is 0 Å². The van der Waals surface area contributed by atoms with Gasteiger partial charge in [0.1, 0.15) is 0 Å². The van der Waals surface area contributed by atoms with Crippen LogP contribution in [0.25, 0.3) is 0 Å². The maximum atomic E-state index is 11.1. The monoisotopic (exact) mass is 210 g/mol. The van der Waals surface area contributed by atoms with Crippen molar-refractivity contribution in [2.45, 2.75) is 26.9 Å². The highest BCUT2D eigenvalue weighted by Gasteiger charge is 2.17. The van der Waals surface area contributed by atoms with E-state index in [9.17, 15) is 9.90 Å². The molecule has 3 nitrogen and oxygen atoms in total. The minimum atomic E-state index is -1.17. The van der Waals surface area contributed by atoms with Gasteiger partial charge in [-0.25, -0.2) is 4.79 Å². The molecule has 15 heavy (non-hydrogen) atoms. The maximum Gasteiger partial charge on any atom is 0.339 e. The van der Waals surface area contributed by atoms with Crippen molar-refractivity contribution in [2.75, 3.05) is 6.61 Å². The van der Waals surface area contributed by atoms with Crippen LogP contribution in [-0.4, -0.2) is 17.7 Å². The number of benzene rings is 1. The van der Waals surface area contributed by atoms with E-state index in [2.05, 4.69) is 4.74 Å². The van der Waals surface area contributed by atoms with Gasteiger partial charge in [0.15, 0.2) is 6.10 Å². The molecule has 1 aromatic carbocycles. The second-order valence-corrected chi connectivity index (χ2v) is 2.57. The summed E-state index contributed by atoms with van der Waals surface area (Å²) in [5.74, 6) is -0.603. The Kier molecular flexibility index (Phi) is 7.28. The molecule has 0 fully saturated rings. The van der Waals surface area contributed by atoms with Gasteiger partial charge in [-0.2, -0.15) is 0 Å². The van der Waals surface area contributed by atoms with E-state index in [0.29, 0.717) is 5.56 Å². The van der Waals surface area contributed by atoms with Crippen LogP contribution in [0, 0.1) is 0 Å². The fraction of sp³-hybridized carbons (Fsp3) is 0.417. The maximum absolute atomic E-state index is 11.1. The molecular weight excluding hydrogens is 192 g/mol. The number of carbonyl (C=O) groups excluding carboxylic acids is 1. The molecule has 0 bridgehead atoms. The first-order valence-corrected chi connectivity index (χ1v) is 5.15. The Morgan fingerprint density at radius 3 is 2.33 bits per heavy atom. The molecule has 1 atom stereocenters. The number of carbonyl (C=O) groups is 1. The topological polar surface area (TPSA) is 46.5 Å². The lowest BCUT2D eigenvalue weighted by Crippen LogP contribution is -2.15. The zero-order valence-corrected chi connectivity index (χ0v) is 9.43. The summed E-state index contributed by atoms with van der Waals surface area (Å²) in [6.07, 6.45) is -1.17. The Labute approximate surface area is 90.7 Å². The van der Waals surface area contributed by atoms with E-state index < -0.39 is 12.1 Å². The largest absolute Gasteiger partial charge is 0.464 e. The van der Waals surface area contributed by atoms with Gasteiger partial charge in [0, 0.05) is 0 Å². The van der Waals surface area contributed by atoms with Crippen LogP contribution in [0.2, 0.25) is 0 Å². The number of hydrogen-bond donors (Lipinski definition) is 1. The quantitative estimate of drug-likeness (QED) is 0.779. The van der Waals surface area contributed by atoms with Crippen molar-refractivity contribution in [1.82, 2.24) is 0 Å². The molecule has 0 aromatic heterocycles. The average Bonchev–Trinajstić information content (AvgIpc) is 2.32. The first-order valence-electron chi connectivity index (χ1n) is 5.15. The SMILES string of the molecule is CC.CCOC(=O)C(O)c1ccccc1. The summed E-state index contributed by atoms with van der Waals surface area (Å²) in [6.45, 7) is 5.98. The Morgan fingerprint density at radius 1 is 1.33 bits per heavy atom. The standard InChI is InChI=1S/C10H12O3.C2H6/c1-2-13-10(12)9(11)8-6-4-3-5-7-8;1-2/h3-7,9,11H,2H2,1H3;1-2H3. The molecule has 1 N–H and O–H groups in total. The summed E-state index contributed by atoms with van der Waals surface area (Å²) in [5, 5.41) is 9.45. The summed E-state index contributed by atoms with van der Waals surface area (Å²) in [4.78, 5) is 11.1. The van der Waals surface area contributed by atoms with Crippen molar-refractivity contribution >= 4 is 5.97 Å². The third-order valence-corrected chi connectivity index (χ3v) is 1.63. The Hall–Kier alpha value is -1.35. The second-order valence-electron chi connectivity index (χ2n) is 2.57. The predicted octanol–water partition coefficient (Wildman–Crippen LogP) is 2.31. The summed E-state index contributed by atoms with van der Waals surface area (Å²) < 4.78 is 4.67. The van der Waals surface area contributed by atoms with E-state index >= 15 is 0 Å². The highest BCUT2D eigenvalue weighted by molar-refractivity contribution is 5.76. The van der Waals surface area contributed by atoms with Gasteiger partial charge in [-0.15, -0.1) is 0 Å². The molecule has 3 heteroatoms. The molecule has 0 aliphatic rings. The second kappa shape index (κ2) is 8.00. The number of aliphatic hydroxyl groups excluding tert-OH is 1. The van der Waals surface area contributed by atoms with Crippen LogP contribution in [0.3, 0.4) is 0 Å². The summed E-state index contributed by atoms with van der Waals surface area (Å²) in [5.41, 5.74) is 0.556. The Morgan fingerprint density at radius 2 is 1.87 bits per heavy atom. The third kappa shape index (κ3) is 4.61. The van der Waals surface area contributed by atoms with Crippen molar-refractivity contribution in [2.24, 2.45) is 0 Å². The number of aliphatic hydroxyl groups is 1. The van der Waals surface area contributed by atoms with E-state index in [1.165, 1.54) is 0 Å². The molecule has 0 aliphatic carbocycles. The lowest BCUT2D eigenvalue weighted by atomic mass is 10.1. The van der Waals surface area contributed by atoms with E-state index in [0.717, 1.165) is 0 Å². The van der Waals surface area contributed by atoms with Gasteiger partial charge >= 0.3 is 5.97 Å². The van der Waals surface area contributed by atoms with Crippen molar-refractivity contribution in [3.05, 3.63) is 35.9 Å². The van der Waals surface area contributed by atoms with Gasteiger partial charge in [0.25, 0.3) is 0 Å². The molecule has 1 aromatic rings. The minimum Gasteiger partial charge on any atom is -0.464 e. The van der Waals surface area contributed by atoms with Crippen molar-refractivity contribution in [1.29, 1.82) is 0 Å². The first kappa shape index (κ1) is 13.7. The Bertz CT molecular complexity index is 269. The average molecular weight is 210 g/mol. The van der Waals surface area contributed by atoms with Crippen molar-refractivity contribution < 1.29 is 14.6 Å². The molecule has 1 unspecified atom stereocenters. The van der Waals surface area contributed by atoms with Crippen LogP contribution in [0.5, 0.6) is 0 Å². The van der Waals surface area contributed by atoms with Crippen LogP contribution >= 0.6 is 0 Å². The number of esters is 1. The van der Waals surface area contributed by atoms with E-state index in [1.54, 1.807) is 31.2 Å². The fourth-order valence-corrected chi connectivity index (χ4v) is 0.993. The zero-order valence-electron chi connectivity index (χ0n) is 9.43. The molecule has 0 saturated carbocycles. The fourth-order valence-electron chi connectivity index (χ4n) is 0.993. The molecule has 0 spiro atoms. The lowest BCUT2D eigenvalue weighted by molar-refractivity contribution is -0.153. The van der Waals surface area contributed by atoms with E-state index in [1.807, 2.05) is 19.9 Å². The van der Waals surface area contributed by atoms with Gasteiger partial charge in [-0.3, -0.25) is 0 Å². The first-order chi connectivity index (χ1) is 7.25. The molecule has 1 rings (SSSR count). The van der Waals surface area contributed by atoms with Gasteiger partial charge in [-0.05, 0) is 12.5 Å². The van der Waals surface area contributed by atoms with Crippen molar-refractivity contribution in [3.63, 3.8) is 0 Å². The van der Waals surface area contributed by atoms with Gasteiger partial charge < -0.3 is 9.84 Å². The molecule has 0 heterocycles. The normalized spacial score (nSPS) is 10.9. The number of hydrogen-bond acceptors (Lipinski definition) is 3. The third-order valence-electron chi connectivity index (χ3n) is 1.63. The minimum absolute atomic E-state index is 0.280. The smallest absolute Gasteiger partial charge is 0.339 e. The molecule has 0 aliphatic heterocycles. The van der Waals surface area contributed by atoms with E-state index in [-0.39, 0.29) is 6.61 Å².